The van der Waals surface area contributed by atoms with Crippen molar-refractivity contribution in [3.05, 3.63) is 60.2 Å². The number of aliphatic carboxylic acids is 1. The summed E-state index contributed by atoms with van der Waals surface area (Å²) in [4.78, 5) is 11.2. The van der Waals surface area contributed by atoms with Crippen molar-refractivity contribution in [1.29, 1.82) is 0 Å². The first-order valence-corrected chi connectivity index (χ1v) is 8.32. The van der Waals surface area contributed by atoms with Crippen LogP contribution >= 0.6 is 11.6 Å². The van der Waals surface area contributed by atoms with Crippen molar-refractivity contribution < 1.29 is 23.1 Å². The molecule has 0 radical (unpaired) electrons. The summed E-state index contributed by atoms with van der Waals surface area (Å²) in [7, 11) is 0. The van der Waals surface area contributed by atoms with E-state index in [1.165, 1.54) is 6.07 Å². The van der Waals surface area contributed by atoms with Crippen LogP contribution in [0.5, 0.6) is 0 Å². The van der Waals surface area contributed by atoms with Crippen LogP contribution in [0, 0.1) is 0 Å². The molecule has 1 N–H and O–H groups in total. The highest BCUT2D eigenvalue weighted by molar-refractivity contribution is 6.30. The van der Waals surface area contributed by atoms with Crippen LogP contribution in [0.3, 0.4) is 0 Å². The van der Waals surface area contributed by atoms with Crippen LogP contribution in [0.1, 0.15) is 11.5 Å². The molecule has 0 bridgehead atoms. The molecule has 4 aromatic carbocycles. The minimum atomic E-state index is -4.78. The standard InChI is InChI=1S/C20H12ClF3O2/c21-18(19(25)26)17(20(22,23)24)14-9-7-12-5-4-10-2-1-3-11-6-8-13(14)16(12)15(10)11/h1-9,17-18H,(H,25,26)/t17-,18?/m0/s1. The molecule has 0 aliphatic carbocycles. The zero-order chi connectivity index (χ0) is 18.6. The summed E-state index contributed by atoms with van der Waals surface area (Å²) in [6.45, 7) is 0. The third kappa shape index (κ3) is 2.46. The van der Waals surface area contributed by atoms with Crippen molar-refractivity contribution in [2.24, 2.45) is 0 Å². The summed E-state index contributed by atoms with van der Waals surface area (Å²) in [5.41, 5.74) is -0.120. The van der Waals surface area contributed by atoms with Crippen molar-refractivity contribution >= 4 is 49.9 Å². The molecule has 0 spiro atoms. The lowest BCUT2D eigenvalue weighted by Gasteiger charge is -2.25. The van der Waals surface area contributed by atoms with E-state index in [-0.39, 0.29) is 5.56 Å². The van der Waals surface area contributed by atoms with Gasteiger partial charge in [-0.2, -0.15) is 13.2 Å². The highest BCUT2D eigenvalue weighted by Gasteiger charge is 2.48. The fraction of sp³-hybridized carbons (Fsp3) is 0.150. The zero-order valence-corrected chi connectivity index (χ0v) is 14.0. The van der Waals surface area contributed by atoms with Gasteiger partial charge in [-0.25, -0.2) is 0 Å². The van der Waals surface area contributed by atoms with Crippen LogP contribution in [-0.2, 0) is 4.79 Å². The maximum absolute atomic E-state index is 13.7. The Kier molecular flexibility index (Phi) is 3.74. The van der Waals surface area contributed by atoms with Crippen molar-refractivity contribution in [2.45, 2.75) is 17.5 Å². The van der Waals surface area contributed by atoms with Gasteiger partial charge in [-0.05, 0) is 37.9 Å². The minimum absolute atomic E-state index is 0.120. The summed E-state index contributed by atoms with van der Waals surface area (Å²) >= 11 is 5.67. The molecule has 0 fully saturated rings. The molecule has 6 heteroatoms. The van der Waals surface area contributed by atoms with Gasteiger partial charge in [-0.1, -0.05) is 54.6 Å². The lowest BCUT2D eigenvalue weighted by atomic mass is 9.86. The molecule has 2 nitrogen and oxygen atoms in total. The second-order valence-corrected chi connectivity index (χ2v) is 6.74. The first-order chi connectivity index (χ1) is 12.3. The van der Waals surface area contributed by atoms with E-state index in [0.29, 0.717) is 10.8 Å². The number of carboxylic acids is 1. The van der Waals surface area contributed by atoms with Gasteiger partial charge in [0, 0.05) is 0 Å². The van der Waals surface area contributed by atoms with Crippen LogP contribution in [0.4, 0.5) is 13.2 Å². The number of hydrogen-bond acceptors (Lipinski definition) is 1. The van der Waals surface area contributed by atoms with Crippen molar-refractivity contribution in [3.63, 3.8) is 0 Å². The molecule has 0 aromatic heterocycles. The zero-order valence-electron chi connectivity index (χ0n) is 13.2. The van der Waals surface area contributed by atoms with Gasteiger partial charge in [0.05, 0.1) is 0 Å². The van der Waals surface area contributed by atoms with Gasteiger partial charge in [0.15, 0.2) is 0 Å². The first-order valence-electron chi connectivity index (χ1n) is 7.89. The van der Waals surface area contributed by atoms with E-state index < -0.39 is 23.4 Å². The molecule has 2 atom stereocenters. The van der Waals surface area contributed by atoms with Crippen molar-refractivity contribution in [1.82, 2.24) is 0 Å². The fourth-order valence-corrected chi connectivity index (χ4v) is 3.95. The number of hydrogen-bond donors (Lipinski definition) is 1. The lowest BCUT2D eigenvalue weighted by Crippen LogP contribution is -2.34. The molecule has 0 aliphatic rings. The molecule has 0 amide bonds. The maximum Gasteiger partial charge on any atom is 0.397 e. The van der Waals surface area contributed by atoms with Crippen LogP contribution in [0.2, 0.25) is 0 Å². The fourth-order valence-electron chi connectivity index (χ4n) is 3.67. The number of rotatable bonds is 3. The molecule has 1 unspecified atom stereocenters. The molecule has 132 valence electrons. The van der Waals surface area contributed by atoms with E-state index in [2.05, 4.69) is 0 Å². The number of alkyl halides is 4. The smallest absolute Gasteiger partial charge is 0.397 e. The molecule has 0 saturated carbocycles. The molecule has 26 heavy (non-hydrogen) atoms. The Labute approximate surface area is 151 Å². The van der Waals surface area contributed by atoms with Gasteiger partial charge in [-0.15, -0.1) is 11.6 Å². The van der Waals surface area contributed by atoms with Gasteiger partial charge in [0.25, 0.3) is 0 Å². The van der Waals surface area contributed by atoms with Gasteiger partial charge < -0.3 is 5.11 Å². The molecule has 0 heterocycles. The van der Waals surface area contributed by atoms with E-state index in [1.807, 2.05) is 30.3 Å². The van der Waals surface area contributed by atoms with Gasteiger partial charge in [-0.3, -0.25) is 4.79 Å². The van der Waals surface area contributed by atoms with Crippen LogP contribution in [0.25, 0.3) is 32.3 Å². The summed E-state index contributed by atoms with van der Waals surface area (Å²) in [6, 6.07) is 15.8. The van der Waals surface area contributed by atoms with Crippen LogP contribution < -0.4 is 0 Å². The Morgan fingerprint density at radius 2 is 1.42 bits per heavy atom. The normalized spacial score (nSPS) is 14.9. The third-order valence-electron chi connectivity index (χ3n) is 4.78. The predicted octanol–water partition coefficient (Wildman–Crippen LogP) is 5.92. The predicted molar refractivity (Wildman–Crippen MR) is 96.2 cm³/mol. The third-order valence-corrected chi connectivity index (χ3v) is 5.22. The number of carboxylic acid groups (broad SMARTS) is 1. The van der Waals surface area contributed by atoms with E-state index in [0.717, 1.165) is 21.5 Å². The van der Waals surface area contributed by atoms with Gasteiger partial charge in [0.2, 0.25) is 0 Å². The molecule has 0 aliphatic heterocycles. The molecule has 4 rings (SSSR count). The van der Waals surface area contributed by atoms with E-state index in [1.54, 1.807) is 18.2 Å². The summed E-state index contributed by atoms with van der Waals surface area (Å²) in [5, 5.41) is 11.6. The summed E-state index contributed by atoms with van der Waals surface area (Å²) in [6.07, 6.45) is -4.78. The SMILES string of the molecule is O=C(O)C(Cl)[C@H](c1ccc2ccc3cccc4ccc1c2c34)C(F)(F)F. The first kappa shape index (κ1) is 16.9. The molecule has 0 saturated heterocycles. The van der Waals surface area contributed by atoms with Gasteiger partial charge >= 0.3 is 12.1 Å². The Hall–Kier alpha value is -2.53. The lowest BCUT2D eigenvalue weighted by molar-refractivity contribution is -0.162. The quantitative estimate of drug-likeness (QED) is 0.356. The summed E-state index contributed by atoms with van der Waals surface area (Å²) in [5.74, 6) is -3.99. The van der Waals surface area contributed by atoms with E-state index in [4.69, 9.17) is 16.7 Å². The van der Waals surface area contributed by atoms with Gasteiger partial charge in [0.1, 0.15) is 11.3 Å². The Morgan fingerprint density at radius 3 is 2.00 bits per heavy atom. The Bertz CT molecular complexity index is 1120. The highest BCUT2D eigenvalue weighted by Crippen LogP contribution is 2.45. The topological polar surface area (TPSA) is 37.3 Å². The largest absolute Gasteiger partial charge is 0.480 e. The average Bonchev–Trinajstić information content (AvgIpc) is 2.59. The molecular weight excluding hydrogens is 365 g/mol. The Morgan fingerprint density at radius 1 is 0.885 bits per heavy atom. The van der Waals surface area contributed by atoms with Crippen LogP contribution in [-0.4, -0.2) is 22.6 Å². The average molecular weight is 377 g/mol. The number of benzene rings is 4. The number of halogens is 4. The van der Waals surface area contributed by atoms with E-state index >= 15 is 0 Å². The van der Waals surface area contributed by atoms with Crippen LogP contribution in [0.15, 0.2) is 54.6 Å². The monoisotopic (exact) mass is 376 g/mol. The summed E-state index contributed by atoms with van der Waals surface area (Å²) < 4.78 is 41.1. The highest BCUT2D eigenvalue weighted by atomic mass is 35.5. The maximum atomic E-state index is 13.7. The molecular formula is C20H12ClF3O2. The van der Waals surface area contributed by atoms with Crippen molar-refractivity contribution in [2.75, 3.05) is 0 Å². The number of carbonyl (C=O) groups is 1. The Balaban J connectivity index is 2.11. The second-order valence-electron chi connectivity index (χ2n) is 6.27. The minimum Gasteiger partial charge on any atom is -0.480 e. The second kappa shape index (κ2) is 5.74. The molecule has 4 aromatic rings. The van der Waals surface area contributed by atoms with Crippen molar-refractivity contribution in [3.8, 4) is 0 Å². The van der Waals surface area contributed by atoms with E-state index in [9.17, 15) is 18.0 Å².